The highest BCUT2D eigenvalue weighted by atomic mass is 31.2. The van der Waals surface area contributed by atoms with Gasteiger partial charge in [0.15, 0.2) is 0 Å². The van der Waals surface area contributed by atoms with Crippen molar-refractivity contribution in [2.75, 3.05) is 6.16 Å². The van der Waals surface area contributed by atoms with Gasteiger partial charge in [-0.3, -0.25) is 0 Å². The molecule has 122 valence electrons. The number of hydrogen-bond donors (Lipinski definition) is 0. The highest BCUT2D eigenvalue weighted by Gasteiger charge is 2.39. The van der Waals surface area contributed by atoms with Crippen molar-refractivity contribution in [1.82, 2.24) is 0 Å². The summed E-state index contributed by atoms with van der Waals surface area (Å²) in [4.78, 5) is 0. The van der Waals surface area contributed by atoms with E-state index in [-0.39, 0.29) is 0 Å². The molecule has 3 aromatic carbocycles. The predicted octanol–water partition coefficient (Wildman–Crippen LogP) is 6.14. The third-order valence-corrected chi connectivity index (χ3v) is 9.25. The second-order valence-electron chi connectivity index (χ2n) is 6.49. The summed E-state index contributed by atoms with van der Waals surface area (Å²) in [6, 6.07) is 33.3. The lowest BCUT2D eigenvalue weighted by Crippen LogP contribution is -2.18. The zero-order chi connectivity index (χ0) is 16.7. The minimum atomic E-state index is -1.29. The highest BCUT2D eigenvalue weighted by molar-refractivity contribution is 7.81. The Morgan fingerprint density at radius 3 is 1.42 bits per heavy atom. The fraction of sp³-hybridized carbons (Fsp3) is 0.217. The Labute approximate surface area is 146 Å². The first-order valence-corrected chi connectivity index (χ1v) is 11.2. The number of benzene rings is 3. The van der Waals surface area contributed by atoms with Crippen LogP contribution in [0.5, 0.6) is 0 Å². The highest BCUT2D eigenvalue weighted by Crippen LogP contribution is 2.63. The van der Waals surface area contributed by atoms with Crippen LogP contribution >= 0.6 is 7.26 Å². The molecule has 0 atom stereocenters. The van der Waals surface area contributed by atoms with Gasteiger partial charge < -0.3 is 0 Å². The lowest BCUT2D eigenvalue weighted by molar-refractivity contribution is 1.07. The van der Waals surface area contributed by atoms with E-state index >= 15 is 0 Å². The fourth-order valence-corrected chi connectivity index (χ4v) is 8.10. The number of hydrogen-bond acceptors (Lipinski definition) is 0. The van der Waals surface area contributed by atoms with Gasteiger partial charge in [0.05, 0.1) is 31.1 Å². The zero-order valence-corrected chi connectivity index (χ0v) is 15.3. The average molecular weight is 333 g/mol. The second-order valence-corrected chi connectivity index (χ2v) is 10.4. The van der Waals surface area contributed by atoms with Crippen LogP contribution < -0.4 is 5.30 Å². The Hall–Kier alpha value is -1.91. The van der Waals surface area contributed by atoms with Crippen LogP contribution in [0.25, 0.3) is 0 Å². The van der Waals surface area contributed by atoms with Crippen molar-refractivity contribution in [1.29, 1.82) is 0 Å². The topological polar surface area (TPSA) is 0 Å². The first-order valence-electron chi connectivity index (χ1n) is 8.82. The molecule has 0 N–H and O–H groups in total. The Bertz CT molecular complexity index is 678. The fourth-order valence-electron chi connectivity index (χ4n) is 3.56. The molecule has 3 aromatic rings. The first-order chi connectivity index (χ1) is 11.8. The molecule has 0 saturated carbocycles. The summed E-state index contributed by atoms with van der Waals surface area (Å²) in [6.07, 6.45) is 4.93. The van der Waals surface area contributed by atoms with Gasteiger partial charge in [-0.05, 0) is 29.7 Å². The molecule has 0 unspecified atom stereocenters. The standard InChI is InChI=1S/C23H26P/c1-2-18-24(23-16-10-5-11-17-23,19-21-12-6-3-7-13-21)20-22-14-8-4-9-15-22/h3-17H,2,18-20H2,1H3/q+1. The minimum absolute atomic E-state index is 1.20. The van der Waals surface area contributed by atoms with E-state index in [1.165, 1.54) is 36.0 Å². The van der Waals surface area contributed by atoms with Crippen LogP contribution in [0, 0.1) is 0 Å². The molecule has 0 amide bonds. The van der Waals surface area contributed by atoms with Gasteiger partial charge in [-0.1, -0.05) is 85.8 Å². The van der Waals surface area contributed by atoms with Crippen molar-refractivity contribution in [3.8, 4) is 0 Å². The van der Waals surface area contributed by atoms with Crippen LogP contribution in [-0.2, 0) is 12.3 Å². The molecule has 0 radical (unpaired) electrons. The van der Waals surface area contributed by atoms with Gasteiger partial charge in [0.1, 0.15) is 0 Å². The van der Waals surface area contributed by atoms with E-state index in [0.29, 0.717) is 0 Å². The SMILES string of the molecule is CCC[P+](Cc1ccccc1)(Cc1ccccc1)c1ccccc1. The molecule has 0 fully saturated rings. The van der Waals surface area contributed by atoms with Crippen molar-refractivity contribution in [3.05, 3.63) is 102 Å². The predicted molar refractivity (Wildman–Crippen MR) is 108 cm³/mol. The molecule has 1 heteroatoms. The maximum atomic E-state index is 2.36. The van der Waals surface area contributed by atoms with Crippen LogP contribution in [-0.4, -0.2) is 6.16 Å². The summed E-state index contributed by atoms with van der Waals surface area (Å²) in [7, 11) is -1.29. The van der Waals surface area contributed by atoms with Gasteiger partial charge in [-0.25, -0.2) is 0 Å². The maximum absolute atomic E-state index is 2.36. The summed E-state index contributed by atoms with van der Waals surface area (Å²) < 4.78 is 0. The molecule has 0 aliphatic heterocycles. The molecular formula is C23H26P+. The van der Waals surface area contributed by atoms with Crippen LogP contribution in [0.15, 0.2) is 91.0 Å². The summed E-state index contributed by atoms with van der Waals surface area (Å²) in [5, 5.41) is 1.57. The van der Waals surface area contributed by atoms with Gasteiger partial charge in [0, 0.05) is 0 Å². The largest absolute Gasteiger partial charge is 0.0946 e. The molecule has 24 heavy (non-hydrogen) atoms. The summed E-state index contributed by atoms with van der Waals surface area (Å²) in [5.74, 6) is 0. The van der Waals surface area contributed by atoms with Gasteiger partial charge in [0.25, 0.3) is 0 Å². The van der Waals surface area contributed by atoms with Crippen LogP contribution in [0.4, 0.5) is 0 Å². The third kappa shape index (κ3) is 4.13. The molecule has 0 aliphatic carbocycles. The van der Waals surface area contributed by atoms with Crippen molar-refractivity contribution in [3.63, 3.8) is 0 Å². The van der Waals surface area contributed by atoms with Crippen molar-refractivity contribution in [2.24, 2.45) is 0 Å². The number of rotatable bonds is 7. The summed E-state index contributed by atoms with van der Waals surface area (Å²) in [6.45, 7) is 2.33. The first kappa shape index (κ1) is 16.9. The van der Waals surface area contributed by atoms with E-state index in [9.17, 15) is 0 Å². The van der Waals surface area contributed by atoms with Crippen LogP contribution in [0.1, 0.15) is 24.5 Å². The average Bonchev–Trinajstić information content (AvgIpc) is 2.64. The van der Waals surface area contributed by atoms with E-state index in [2.05, 4.69) is 97.9 Å². The Morgan fingerprint density at radius 2 is 1.00 bits per heavy atom. The van der Waals surface area contributed by atoms with Crippen molar-refractivity contribution >= 4 is 12.6 Å². The second kappa shape index (κ2) is 8.27. The Balaban J connectivity index is 2.02. The van der Waals surface area contributed by atoms with E-state index in [0.717, 1.165) is 0 Å². The third-order valence-electron chi connectivity index (χ3n) is 4.61. The lowest BCUT2D eigenvalue weighted by Gasteiger charge is -2.28. The molecule has 3 rings (SSSR count). The molecular weight excluding hydrogens is 307 g/mol. The lowest BCUT2D eigenvalue weighted by atomic mass is 10.2. The van der Waals surface area contributed by atoms with Crippen LogP contribution in [0.2, 0.25) is 0 Å². The molecule has 0 spiro atoms. The van der Waals surface area contributed by atoms with Gasteiger partial charge in [0.2, 0.25) is 0 Å². The molecule has 0 bridgehead atoms. The normalized spacial score (nSPS) is 11.4. The van der Waals surface area contributed by atoms with Crippen molar-refractivity contribution < 1.29 is 0 Å². The molecule has 0 aromatic heterocycles. The summed E-state index contributed by atoms with van der Waals surface area (Å²) in [5.41, 5.74) is 2.94. The van der Waals surface area contributed by atoms with E-state index < -0.39 is 7.26 Å². The molecule has 0 heterocycles. The molecule has 0 aliphatic rings. The van der Waals surface area contributed by atoms with E-state index in [1.54, 1.807) is 5.30 Å². The summed E-state index contributed by atoms with van der Waals surface area (Å²) >= 11 is 0. The van der Waals surface area contributed by atoms with Crippen molar-refractivity contribution in [2.45, 2.75) is 25.7 Å². The van der Waals surface area contributed by atoms with Gasteiger partial charge in [-0.15, -0.1) is 0 Å². The van der Waals surface area contributed by atoms with E-state index in [4.69, 9.17) is 0 Å². The smallest absolute Gasteiger partial charge is 0.0622 e. The van der Waals surface area contributed by atoms with Gasteiger partial charge >= 0.3 is 0 Å². The monoisotopic (exact) mass is 333 g/mol. The van der Waals surface area contributed by atoms with Crippen LogP contribution in [0.3, 0.4) is 0 Å². The zero-order valence-electron chi connectivity index (χ0n) is 14.4. The van der Waals surface area contributed by atoms with E-state index in [1.807, 2.05) is 0 Å². The minimum Gasteiger partial charge on any atom is -0.0622 e. The Morgan fingerprint density at radius 1 is 0.583 bits per heavy atom. The van der Waals surface area contributed by atoms with Gasteiger partial charge in [-0.2, -0.15) is 0 Å². The Kier molecular flexibility index (Phi) is 5.83. The maximum Gasteiger partial charge on any atom is 0.0946 e. The molecule has 0 saturated heterocycles. The quantitative estimate of drug-likeness (QED) is 0.456. The molecule has 0 nitrogen and oxygen atoms in total.